The van der Waals surface area contributed by atoms with E-state index in [-0.39, 0.29) is 35.2 Å². The van der Waals surface area contributed by atoms with E-state index in [2.05, 4.69) is 35.9 Å². The van der Waals surface area contributed by atoms with Crippen molar-refractivity contribution in [1.29, 1.82) is 0 Å². The highest BCUT2D eigenvalue weighted by atomic mass is 19.1. The molecule has 2 bridgehead atoms. The van der Waals surface area contributed by atoms with Crippen LogP contribution in [0.1, 0.15) is 47.8 Å². The molecular formula is C22H28FN9O. The zero-order valence-corrected chi connectivity index (χ0v) is 18.2. The molecule has 10 nitrogen and oxygen atoms in total. The molecule has 174 valence electrons. The number of aromatic nitrogens is 7. The number of aryl methyl sites for hydroxylation is 1. The lowest BCUT2D eigenvalue weighted by Gasteiger charge is -2.56. The Hall–Kier alpha value is -3.21. The quantitative estimate of drug-likeness (QED) is 0.606. The normalized spacial score (nSPS) is 32.6. The van der Waals surface area contributed by atoms with Crippen molar-refractivity contribution in [3.63, 3.8) is 0 Å². The Labute approximate surface area is 199 Å². The van der Waals surface area contributed by atoms with Crippen molar-refractivity contribution in [2.24, 2.45) is 6.98 Å². The Morgan fingerprint density at radius 1 is 1.24 bits per heavy atom. The number of alkyl halides is 1. The number of hydrogen-bond donors (Lipinski definition) is 2. The molecule has 5 rings (SSSR count). The molecule has 33 heavy (non-hydrogen) atoms. The molecule has 3 aromatic rings. The van der Waals surface area contributed by atoms with Crippen LogP contribution in [-0.4, -0.2) is 70.8 Å². The van der Waals surface area contributed by atoms with E-state index in [4.69, 9.17) is 8.22 Å². The molecule has 4 heterocycles. The summed E-state index contributed by atoms with van der Waals surface area (Å²) in [5, 5.41) is 33.1. The molecule has 2 aromatic heterocycles. The van der Waals surface area contributed by atoms with Gasteiger partial charge in [-0.2, -0.15) is 4.80 Å². The van der Waals surface area contributed by atoms with Gasteiger partial charge >= 0.3 is 0 Å². The van der Waals surface area contributed by atoms with Crippen molar-refractivity contribution in [2.75, 3.05) is 11.9 Å². The highest BCUT2D eigenvalue weighted by Crippen LogP contribution is 2.43. The molecule has 0 saturated carbocycles. The third kappa shape index (κ3) is 3.79. The summed E-state index contributed by atoms with van der Waals surface area (Å²) in [6.07, 6.45) is 2.26. The zero-order valence-electron chi connectivity index (χ0n) is 24.2. The first-order chi connectivity index (χ1) is 18.1. The molecule has 2 aliphatic rings. The number of nitrogens with zero attached hydrogens (tertiary/aromatic N) is 8. The van der Waals surface area contributed by atoms with Crippen molar-refractivity contribution < 1.29 is 17.7 Å². The second-order valence-electron chi connectivity index (χ2n) is 9.27. The molecule has 1 aromatic carbocycles. The van der Waals surface area contributed by atoms with Gasteiger partial charge in [0.2, 0.25) is 5.82 Å². The van der Waals surface area contributed by atoms with Crippen LogP contribution in [-0.2, 0) is 6.98 Å². The van der Waals surface area contributed by atoms with E-state index in [0.717, 1.165) is 17.7 Å². The van der Waals surface area contributed by atoms with Gasteiger partial charge in [0.1, 0.15) is 11.9 Å². The number of tetrazole rings is 1. The summed E-state index contributed by atoms with van der Waals surface area (Å²) in [5.41, 5.74) is -0.794. The van der Waals surface area contributed by atoms with Gasteiger partial charge in [-0.3, -0.25) is 0 Å². The fourth-order valence-corrected chi connectivity index (χ4v) is 5.09. The van der Waals surface area contributed by atoms with Crippen molar-refractivity contribution >= 4 is 5.82 Å². The first kappa shape index (κ1) is 15.6. The first-order valence-corrected chi connectivity index (χ1v) is 10.7. The van der Waals surface area contributed by atoms with Crippen LogP contribution in [0.4, 0.5) is 10.2 Å². The smallest absolute Gasteiger partial charge is 0.205 e. The Bertz CT molecular complexity index is 1370. The van der Waals surface area contributed by atoms with Gasteiger partial charge in [0.05, 0.1) is 24.8 Å². The van der Waals surface area contributed by atoms with Gasteiger partial charge in [0.15, 0.2) is 11.6 Å². The first-order valence-electron chi connectivity index (χ1n) is 13.7. The van der Waals surface area contributed by atoms with E-state index in [0.29, 0.717) is 16.8 Å². The van der Waals surface area contributed by atoms with E-state index >= 15 is 4.39 Å². The molecule has 4 atom stereocenters. The fourth-order valence-electron chi connectivity index (χ4n) is 5.09. The Balaban J connectivity index is 1.43. The molecule has 2 saturated heterocycles. The van der Waals surface area contributed by atoms with Crippen molar-refractivity contribution in [2.45, 2.75) is 62.8 Å². The minimum Gasteiger partial charge on any atom is -0.507 e. The minimum absolute atomic E-state index is 0.00491. The second kappa shape index (κ2) is 7.68. The molecule has 0 radical (unpaired) electrons. The molecular weight excluding hydrogens is 425 g/mol. The Morgan fingerprint density at radius 2 is 2.12 bits per heavy atom. The number of halogens is 1. The van der Waals surface area contributed by atoms with Gasteiger partial charge in [-0.25, -0.2) is 9.37 Å². The molecule has 2 N–H and O–H groups in total. The SMILES string of the molecule is [2H]C([2H])([2H])N(c1cnc(-c2ccc(-c3nnn(C([2H])([2H])[2H])n3)cc2O)nn1)[C@H]1C[C@]2(C)CCC[C@@](C)(N2)[C@H]1F. The Morgan fingerprint density at radius 3 is 2.82 bits per heavy atom. The van der Waals surface area contributed by atoms with Gasteiger partial charge in [0.25, 0.3) is 0 Å². The number of phenolic OH excluding ortho intramolecular Hbond substituents is 1. The number of aromatic hydroxyl groups is 1. The van der Waals surface area contributed by atoms with Crippen LogP contribution in [0.25, 0.3) is 22.8 Å². The third-order valence-corrected chi connectivity index (χ3v) is 6.66. The lowest BCUT2D eigenvalue weighted by Crippen LogP contribution is -2.72. The van der Waals surface area contributed by atoms with Crippen LogP contribution in [0.15, 0.2) is 24.4 Å². The molecule has 2 aliphatic heterocycles. The number of benzene rings is 1. The molecule has 0 aliphatic carbocycles. The maximum Gasteiger partial charge on any atom is 0.205 e. The largest absolute Gasteiger partial charge is 0.507 e. The molecule has 11 heteroatoms. The van der Waals surface area contributed by atoms with E-state index < -0.39 is 37.2 Å². The van der Waals surface area contributed by atoms with Gasteiger partial charge in [0, 0.05) is 31.8 Å². The summed E-state index contributed by atoms with van der Waals surface area (Å²) in [6, 6.07) is 3.31. The van der Waals surface area contributed by atoms with Crippen LogP contribution in [0.2, 0.25) is 0 Å². The number of nitrogens with one attached hydrogen (secondary N) is 1. The zero-order chi connectivity index (χ0) is 28.4. The van der Waals surface area contributed by atoms with Crippen LogP contribution < -0.4 is 10.2 Å². The molecule has 0 unspecified atom stereocenters. The third-order valence-electron chi connectivity index (χ3n) is 6.66. The standard InChI is InChI=1S/C22H28FN9O/c1-21-8-5-9-22(2,29-21)18(23)15(11-21)31(3)17-12-24-20(26-25-17)14-7-6-13(10-16(14)33)19-27-30-32(4)28-19/h6-7,10,12,15,18,29,33H,5,8-9,11H2,1-4H3/t15-,18-,21-,22+/m0/s1/i3D3,4D3. The van der Waals surface area contributed by atoms with E-state index in [1.165, 1.54) is 24.4 Å². The average Bonchev–Trinajstić information content (AvgIpc) is 3.33. The predicted octanol–water partition coefficient (Wildman–Crippen LogP) is 2.27. The maximum atomic E-state index is 15.9. The monoisotopic (exact) mass is 459 g/mol. The maximum absolute atomic E-state index is 15.9. The summed E-state index contributed by atoms with van der Waals surface area (Å²) < 4.78 is 62.4. The van der Waals surface area contributed by atoms with Crippen molar-refractivity contribution in [3.8, 4) is 28.5 Å². The number of hydrogen-bond acceptors (Lipinski definition) is 9. The molecule has 0 amide bonds. The number of fused-ring (bicyclic) bond motifs is 2. The van der Waals surface area contributed by atoms with Crippen LogP contribution in [0.3, 0.4) is 0 Å². The van der Waals surface area contributed by atoms with Crippen LogP contribution in [0.5, 0.6) is 5.75 Å². The second-order valence-corrected chi connectivity index (χ2v) is 9.27. The number of phenols is 1. The van der Waals surface area contributed by atoms with Gasteiger partial charge in [-0.15, -0.1) is 20.4 Å². The number of anilines is 1. The van der Waals surface area contributed by atoms with Crippen molar-refractivity contribution in [1.82, 2.24) is 40.7 Å². The molecule has 2 fully saturated rings. The number of rotatable bonds is 4. The van der Waals surface area contributed by atoms with E-state index in [9.17, 15) is 5.11 Å². The predicted molar refractivity (Wildman–Crippen MR) is 120 cm³/mol. The van der Waals surface area contributed by atoms with E-state index in [1.807, 2.05) is 6.92 Å². The summed E-state index contributed by atoms with van der Waals surface area (Å²) in [4.78, 5) is 5.71. The van der Waals surface area contributed by atoms with Gasteiger partial charge in [-0.1, -0.05) is 6.07 Å². The molecule has 0 spiro atoms. The van der Waals surface area contributed by atoms with E-state index in [1.54, 1.807) is 6.92 Å². The van der Waals surface area contributed by atoms with Gasteiger partial charge < -0.3 is 15.3 Å². The highest BCUT2D eigenvalue weighted by molar-refractivity contribution is 5.69. The highest BCUT2D eigenvalue weighted by Gasteiger charge is 2.53. The lowest BCUT2D eigenvalue weighted by molar-refractivity contribution is 0.00193. The summed E-state index contributed by atoms with van der Waals surface area (Å²) in [7, 11) is 0. The summed E-state index contributed by atoms with van der Waals surface area (Å²) in [6.45, 7) is -1.52. The minimum atomic E-state index is -2.70. The van der Waals surface area contributed by atoms with Crippen LogP contribution in [0, 0.1) is 0 Å². The Kier molecular flexibility index (Phi) is 3.63. The summed E-state index contributed by atoms with van der Waals surface area (Å²) >= 11 is 0. The number of piperidine rings is 2. The fraction of sp³-hybridized carbons (Fsp3) is 0.545. The average molecular weight is 460 g/mol. The van der Waals surface area contributed by atoms with Crippen molar-refractivity contribution in [3.05, 3.63) is 24.4 Å². The lowest BCUT2D eigenvalue weighted by atomic mass is 9.68. The topological polar surface area (TPSA) is 118 Å². The van der Waals surface area contributed by atoms with Gasteiger partial charge in [-0.05, 0) is 56.9 Å². The summed E-state index contributed by atoms with van der Waals surface area (Å²) in [5.74, 6) is -0.369. The van der Waals surface area contributed by atoms with Crippen LogP contribution >= 0.6 is 0 Å².